The van der Waals surface area contributed by atoms with E-state index in [-0.39, 0.29) is 29.5 Å². The predicted molar refractivity (Wildman–Crippen MR) is 109 cm³/mol. The number of nitrogens with two attached hydrogens (primary N) is 1. The van der Waals surface area contributed by atoms with Gasteiger partial charge >= 0.3 is 0 Å². The summed E-state index contributed by atoms with van der Waals surface area (Å²) in [5.41, 5.74) is 6.51. The van der Waals surface area contributed by atoms with E-state index >= 15 is 0 Å². The third-order valence-corrected chi connectivity index (χ3v) is 5.60. The molecule has 10 heteroatoms. The molecule has 148 valence electrons. The second-order valence-electron chi connectivity index (χ2n) is 6.68. The molecule has 0 aromatic carbocycles. The second kappa shape index (κ2) is 8.34. The van der Waals surface area contributed by atoms with Gasteiger partial charge in [0.05, 0.1) is 5.00 Å². The molecule has 9 nitrogen and oxygen atoms in total. The smallest absolute Gasteiger partial charge is 0.273 e. The SMILES string of the molecule is C=CC(=O)N[C@@H]1CCCN(c2nnc(C(N)=O)c(Nc3cc(C)cs3)n2)[C@@H]1C. The van der Waals surface area contributed by atoms with Gasteiger partial charge in [-0.2, -0.15) is 4.98 Å². The van der Waals surface area contributed by atoms with E-state index in [0.717, 1.165) is 30.0 Å². The van der Waals surface area contributed by atoms with Crippen LogP contribution in [-0.2, 0) is 4.79 Å². The number of primary amides is 1. The van der Waals surface area contributed by atoms with Crippen molar-refractivity contribution in [2.75, 3.05) is 16.8 Å². The van der Waals surface area contributed by atoms with E-state index < -0.39 is 5.91 Å². The van der Waals surface area contributed by atoms with Crippen LogP contribution in [0.15, 0.2) is 24.1 Å². The van der Waals surface area contributed by atoms with Gasteiger partial charge in [-0.3, -0.25) is 9.59 Å². The average Bonchev–Trinajstić information content (AvgIpc) is 3.07. The molecule has 2 aromatic heterocycles. The van der Waals surface area contributed by atoms with Gasteiger partial charge in [0.25, 0.3) is 5.91 Å². The zero-order valence-electron chi connectivity index (χ0n) is 15.8. The molecular weight excluding hydrogens is 378 g/mol. The standard InChI is InChI=1S/C18H23N7O2S/c1-4-13(26)20-12-6-5-7-25(11(12)3)18-22-17(15(16(19)27)23-24-18)21-14-8-10(2)9-28-14/h4,8-9,11-12H,1,5-7H2,2-3H3,(H2,19,27)(H,20,26)(H,21,22,24)/t11-,12-/m1/s1. The van der Waals surface area contributed by atoms with E-state index in [9.17, 15) is 9.59 Å². The minimum atomic E-state index is -0.704. The molecule has 1 aliphatic heterocycles. The summed E-state index contributed by atoms with van der Waals surface area (Å²) in [6, 6.07) is 1.84. The maximum absolute atomic E-state index is 11.7. The molecule has 3 rings (SSSR count). The molecular formula is C18H23N7O2S. The summed E-state index contributed by atoms with van der Waals surface area (Å²) in [4.78, 5) is 29.9. The summed E-state index contributed by atoms with van der Waals surface area (Å²) in [6.07, 6.45) is 2.97. The normalized spacial score (nSPS) is 19.1. The monoisotopic (exact) mass is 401 g/mol. The van der Waals surface area contributed by atoms with Crippen LogP contribution >= 0.6 is 11.3 Å². The second-order valence-corrected chi connectivity index (χ2v) is 7.59. The van der Waals surface area contributed by atoms with Gasteiger partial charge < -0.3 is 21.3 Å². The fraction of sp³-hybridized carbons (Fsp3) is 0.389. The molecule has 2 atom stereocenters. The minimum Gasteiger partial charge on any atom is -0.364 e. The molecule has 0 bridgehead atoms. The van der Waals surface area contributed by atoms with Gasteiger partial charge in [0.15, 0.2) is 11.5 Å². The van der Waals surface area contributed by atoms with Crippen molar-refractivity contribution >= 4 is 39.9 Å². The highest BCUT2D eigenvalue weighted by Gasteiger charge is 2.31. The summed E-state index contributed by atoms with van der Waals surface area (Å²) >= 11 is 1.49. The van der Waals surface area contributed by atoms with Crippen molar-refractivity contribution in [2.45, 2.75) is 38.8 Å². The Morgan fingerprint density at radius 3 is 2.86 bits per heavy atom. The first-order valence-corrected chi connectivity index (χ1v) is 9.83. The van der Waals surface area contributed by atoms with Crippen LogP contribution in [0.1, 0.15) is 35.8 Å². The maximum Gasteiger partial charge on any atom is 0.273 e. The van der Waals surface area contributed by atoms with Crippen molar-refractivity contribution in [2.24, 2.45) is 5.73 Å². The molecule has 1 fully saturated rings. The molecule has 1 aliphatic rings. The van der Waals surface area contributed by atoms with E-state index in [1.165, 1.54) is 17.4 Å². The Bertz CT molecular complexity index is 898. The van der Waals surface area contributed by atoms with Crippen molar-refractivity contribution in [3.8, 4) is 0 Å². The Labute approximate surface area is 167 Å². The number of amides is 2. The Hall–Kier alpha value is -3.01. The lowest BCUT2D eigenvalue weighted by atomic mass is 9.97. The lowest BCUT2D eigenvalue weighted by molar-refractivity contribution is -0.117. The first-order valence-electron chi connectivity index (χ1n) is 8.95. The minimum absolute atomic E-state index is 0.0176. The summed E-state index contributed by atoms with van der Waals surface area (Å²) < 4.78 is 0. The van der Waals surface area contributed by atoms with Crippen molar-refractivity contribution in [3.63, 3.8) is 0 Å². The van der Waals surface area contributed by atoms with Gasteiger partial charge in [0.2, 0.25) is 11.9 Å². The Balaban J connectivity index is 1.88. The van der Waals surface area contributed by atoms with E-state index in [2.05, 4.69) is 32.4 Å². The van der Waals surface area contributed by atoms with Gasteiger partial charge in [-0.15, -0.1) is 21.5 Å². The zero-order chi connectivity index (χ0) is 20.3. The van der Waals surface area contributed by atoms with Gasteiger partial charge in [-0.1, -0.05) is 6.58 Å². The van der Waals surface area contributed by atoms with Crippen LogP contribution in [0.25, 0.3) is 0 Å². The van der Waals surface area contributed by atoms with E-state index in [1.54, 1.807) is 0 Å². The number of carbonyl (C=O) groups excluding carboxylic acids is 2. The molecule has 0 spiro atoms. The lowest BCUT2D eigenvalue weighted by Crippen LogP contribution is -2.54. The van der Waals surface area contributed by atoms with Crippen LogP contribution in [0.4, 0.5) is 16.8 Å². The third kappa shape index (κ3) is 4.28. The van der Waals surface area contributed by atoms with Crippen LogP contribution in [0.2, 0.25) is 0 Å². The summed E-state index contributed by atoms with van der Waals surface area (Å²) in [5, 5.41) is 17.0. The van der Waals surface area contributed by atoms with E-state index in [0.29, 0.717) is 5.95 Å². The maximum atomic E-state index is 11.7. The van der Waals surface area contributed by atoms with Crippen molar-refractivity contribution in [1.29, 1.82) is 0 Å². The molecule has 2 amide bonds. The summed E-state index contributed by atoms with van der Waals surface area (Å²) in [6.45, 7) is 8.19. The van der Waals surface area contributed by atoms with Crippen LogP contribution in [0, 0.1) is 6.92 Å². The topological polar surface area (TPSA) is 126 Å². The highest BCUT2D eigenvalue weighted by molar-refractivity contribution is 7.14. The van der Waals surface area contributed by atoms with Crippen LogP contribution in [-0.4, -0.2) is 45.6 Å². The number of nitrogens with one attached hydrogen (secondary N) is 2. The number of anilines is 3. The number of carbonyl (C=O) groups is 2. The molecule has 0 radical (unpaired) electrons. The molecule has 2 aromatic rings. The number of rotatable bonds is 6. The molecule has 4 N–H and O–H groups in total. The number of hydrogen-bond acceptors (Lipinski definition) is 8. The molecule has 0 unspecified atom stereocenters. The van der Waals surface area contributed by atoms with Crippen molar-refractivity contribution in [3.05, 3.63) is 35.4 Å². The van der Waals surface area contributed by atoms with Crippen LogP contribution < -0.4 is 21.3 Å². The van der Waals surface area contributed by atoms with Gasteiger partial charge in [-0.05, 0) is 49.8 Å². The highest BCUT2D eigenvalue weighted by atomic mass is 32.1. The van der Waals surface area contributed by atoms with Crippen molar-refractivity contribution < 1.29 is 9.59 Å². The number of hydrogen-bond donors (Lipinski definition) is 3. The predicted octanol–water partition coefficient (Wildman–Crippen LogP) is 1.74. The van der Waals surface area contributed by atoms with Crippen LogP contribution in [0.5, 0.6) is 0 Å². The Kier molecular flexibility index (Phi) is 5.88. The molecule has 3 heterocycles. The third-order valence-electron chi connectivity index (χ3n) is 4.64. The first kappa shape index (κ1) is 19.7. The van der Waals surface area contributed by atoms with Crippen molar-refractivity contribution in [1.82, 2.24) is 20.5 Å². The number of aryl methyl sites for hydroxylation is 1. The Morgan fingerprint density at radius 1 is 1.43 bits per heavy atom. The van der Waals surface area contributed by atoms with Gasteiger partial charge in [-0.25, -0.2) is 0 Å². The number of nitrogens with zero attached hydrogens (tertiary/aromatic N) is 4. The number of piperidine rings is 1. The zero-order valence-corrected chi connectivity index (χ0v) is 16.6. The van der Waals surface area contributed by atoms with E-state index in [4.69, 9.17) is 5.73 Å². The Morgan fingerprint density at radius 2 is 2.21 bits per heavy atom. The largest absolute Gasteiger partial charge is 0.364 e. The van der Waals surface area contributed by atoms with Gasteiger partial charge in [0.1, 0.15) is 0 Å². The number of thiophene rings is 1. The fourth-order valence-corrected chi connectivity index (χ4v) is 3.96. The molecule has 0 saturated carbocycles. The van der Waals surface area contributed by atoms with Gasteiger partial charge in [0, 0.05) is 18.6 Å². The molecule has 28 heavy (non-hydrogen) atoms. The molecule has 1 saturated heterocycles. The first-order chi connectivity index (χ1) is 13.4. The average molecular weight is 401 g/mol. The lowest BCUT2D eigenvalue weighted by Gasteiger charge is -2.39. The highest BCUT2D eigenvalue weighted by Crippen LogP contribution is 2.27. The molecule has 0 aliphatic carbocycles. The van der Waals surface area contributed by atoms with Crippen LogP contribution in [0.3, 0.4) is 0 Å². The fourth-order valence-electron chi connectivity index (χ4n) is 3.17. The number of aromatic nitrogens is 3. The summed E-state index contributed by atoms with van der Waals surface area (Å²) in [5.74, 6) is -0.267. The quantitative estimate of drug-likeness (QED) is 0.629. The summed E-state index contributed by atoms with van der Waals surface area (Å²) in [7, 11) is 0. The van der Waals surface area contributed by atoms with E-state index in [1.807, 2.05) is 30.2 Å².